The summed E-state index contributed by atoms with van der Waals surface area (Å²) in [6, 6.07) is 15.7. The number of unbranched alkanes of at least 4 members (excludes halogenated alkanes) is 1. The lowest BCUT2D eigenvalue weighted by atomic mass is 10.1. The van der Waals surface area contributed by atoms with Crippen molar-refractivity contribution in [3.8, 4) is 0 Å². The predicted octanol–water partition coefficient (Wildman–Crippen LogP) is 3.72. The molecule has 0 bridgehead atoms. The number of ether oxygens (including phenoxy) is 1. The van der Waals surface area contributed by atoms with Gasteiger partial charge in [-0.1, -0.05) is 42.5 Å². The Labute approximate surface area is 203 Å². The van der Waals surface area contributed by atoms with Crippen molar-refractivity contribution in [1.29, 1.82) is 0 Å². The molecular weight excluding hydrogens is 525 g/mol. The van der Waals surface area contributed by atoms with Crippen molar-refractivity contribution in [2.45, 2.75) is 37.6 Å². The zero-order chi connectivity index (χ0) is 21.8. The number of nitrogens with one attached hydrogen (secondary N) is 2. The van der Waals surface area contributed by atoms with E-state index in [4.69, 9.17) is 4.74 Å². The van der Waals surface area contributed by atoms with Gasteiger partial charge in [0.15, 0.2) is 15.8 Å². The van der Waals surface area contributed by atoms with Crippen molar-refractivity contribution < 1.29 is 13.2 Å². The first kappa shape index (κ1) is 27.4. The highest BCUT2D eigenvalue weighted by Gasteiger charge is 2.10. The molecule has 2 aromatic rings. The molecule has 2 rings (SSSR count). The molecule has 0 saturated heterocycles. The van der Waals surface area contributed by atoms with Gasteiger partial charge in [0.2, 0.25) is 0 Å². The summed E-state index contributed by atoms with van der Waals surface area (Å²) in [6.07, 6.45) is 4.16. The van der Waals surface area contributed by atoms with Crippen LogP contribution in [0.3, 0.4) is 0 Å². The van der Waals surface area contributed by atoms with Crippen LogP contribution in [-0.4, -0.2) is 47.4 Å². The first-order valence-electron chi connectivity index (χ1n) is 10.3. The zero-order valence-corrected chi connectivity index (χ0v) is 21.7. The van der Waals surface area contributed by atoms with E-state index in [2.05, 4.69) is 27.8 Å². The molecule has 2 N–H and O–H groups in total. The Balaban J connectivity index is 0.00000480. The summed E-state index contributed by atoms with van der Waals surface area (Å²) in [5, 5.41) is 6.55. The molecule has 31 heavy (non-hydrogen) atoms. The molecule has 0 unspecified atom stereocenters. The van der Waals surface area contributed by atoms with Crippen molar-refractivity contribution in [2.75, 3.05) is 33.1 Å². The van der Waals surface area contributed by atoms with E-state index < -0.39 is 9.84 Å². The van der Waals surface area contributed by atoms with Crippen LogP contribution < -0.4 is 10.6 Å². The quantitative estimate of drug-likeness (QED) is 0.190. The fourth-order valence-corrected chi connectivity index (χ4v) is 4.08. The van der Waals surface area contributed by atoms with E-state index in [9.17, 15) is 8.42 Å². The average molecular weight is 560 g/mol. The molecule has 0 saturated carbocycles. The number of nitrogens with zero attached hydrogens (tertiary/aromatic N) is 1. The molecule has 0 heterocycles. The molecule has 2 aromatic carbocycles. The fraction of sp³-hybridized carbons (Fsp3) is 0.435. The summed E-state index contributed by atoms with van der Waals surface area (Å²) in [5.41, 5.74) is 3.07. The smallest absolute Gasteiger partial charge is 0.191 e. The predicted molar refractivity (Wildman–Crippen MR) is 138 cm³/mol. The third-order valence-electron chi connectivity index (χ3n) is 4.71. The minimum Gasteiger partial charge on any atom is -0.381 e. The molecule has 8 heteroatoms. The summed E-state index contributed by atoms with van der Waals surface area (Å²) in [6.45, 7) is 4.71. The lowest BCUT2D eigenvalue weighted by molar-refractivity contribution is 0.133. The number of hydrogen-bond donors (Lipinski definition) is 2. The summed E-state index contributed by atoms with van der Waals surface area (Å²) < 4.78 is 29.1. The molecule has 0 atom stereocenters. The van der Waals surface area contributed by atoms with Gasteiger partial charge in [-0.3, -0.25) is 4.99 Å². The largest absolute Gasteiger partial charge is 0.381 e. The minimum atomic E-state index is -3.19. The lowest BCUT2D eigenvalue weighted by Crippen LogP contribution is -2.37. The van der Waals surface area contributed by atoms with Crippen LogP contribution in [0.25, 0.3) is 0 Å². The van der Waals surface area contributed by atoms with Gasteiger partial charge in [-0.25, -0.2) is 8.42 Å². The Morgan fingerprint density at radius 2 is 1.74 bits per heavy atom. The second-order valence-electron chi connectivity index (χ2n) is 7.28. The molecule has 0 aliphatic heterocycles. The van der Waals surface area contributed by atoms with Crippen LogP contribution in [-0.2, 0) is 27.5 Å². The van der Waals surface area contributed by atoms with Gasteiger partial charge in [0.25, 0.3) is 0 Å². The maximum Gasteiger partial charge on any atom is 0.191 e. The Hall–Kier alpha value is -1.65. The van der Waals surface area contributed by atoms with Crippen LogP contribution in [0.15, 0.2) is 58.4 Å². The van der Waals surface area contributed by atoms with Gasteiger partial charge in [0.1, 0.15) is 0 Å². The number of sulfone groups is 1. The van der Waals surface area contributed by atoms with E-state index in [1.54, 1.807) is 13.1 Å². The number of hydrogen-bond acceptors (Lipinski definition) is 4. The van der Waals surface area contributed by atoms with Crippen molar-refractivity contribution >= 4 is 39.8 Å². The summed E-state index contributed by atoms with van der Waals surface area (Å²) >= 11 is 0. The lowest BCUT2D eigenvalue weighted by Gasteiger charge is -2.13. The van der Waals surface area contributed by atoms with Crippen LogP contribution in [0.4, 0.5) is 0 Å². The van der Waals surface area contributed by atoms with Gasteiger partial charge in [-0.15, -0.1) is 24.0 Å². The maximum absolute atomic E-state index is 11.7. The molecule has 0 aliphatic rings. The van der Waals surface area contributed by atoms with Crippen LogP contribution in [0, 0.1) is 6.92 Å². The number of aliphatic imine (C=N–C) groups is 1. The highest BCUT2D eigenvalue weighted by molar-refractivity contribution is 14.0. The van der Waals surface area contributed by atoms with E-state index in [-0.39, 0.29) is 24.0 Å². The molecule has 6 nitrogen and oxygen atoms in total. The Kier molecular flexibility index (Phi) is 12.7. The van der Waals surface area contributed by atoms with Gasteiger partial charge in [0, 0.05) is 33.0 Å². The number of guanidine groups is 1. The monoisotopic (exact) mass is 559 g/mol. The Bertz CT molecular complexity index is 919. The van der Waals surface area contributed by atoms with Crippen LogP contribution in [0.5, 0.6) is 0 Å². The molecule has 0 radical (unpaired) electrons. The van der Waals surface area contributed by atoms with Gasteiger partial charge in [-0.05, 0) is 48.9 Å². The van der Waals surface area contributed by atoms with E-state index >= 15 is 0 Å². The summed E-state index contributed by atoms with van der Waals surface area (Å²) in [7, 11) is -1.45. The molecule has 0 aromatic heterocycles. The van der Waals surface area contributed by atoms with Gasteiger partial charge in [0.05, 0.1) is 11.5 Å². The van der Waals surface area contributed by atoms with Crippen LogP contribution in [0.1, 0.15) is 29.5 Å². The summed E-state index contributed by atoms with van der Waals surface area (Å²) in [4.78, 5) is 4.61. The van der Waals surface area contributed by atoms with Crippen molar-refractivity contribution in [1.82, 2.24) is 10.6 Å². The van der Waals surface area contributed by atoms with E-state index in [1.165, 1.54) is 11.8 Å². The van der Waals surface area contributed by atoms with E-state index in [0.717, 1.165) is 56.1 Å². The molecule has 0 spiro atoms. The maximum atomic E-state index is 11.7. The second-order valence-corrected chi connectivity index (χ2v) is 9.26. The zero-order valence-electron chi connectivity index (χ0n) is 18.6. The normalized spacial score (nSPS) is 11.6. The fourth-order valence-electron chi connectivity index (χ4n) is 3.12. The van der Waals surface area contributed by atoms with Crippen LogP contribution >= 0.6 is 24.0 Å². The van der Waals surface area contributed by atoms with Crippen LogP contribution in [0.2, 0.25) is 0 Å². The first-order valence-corrected chi connectivity index (χ1v) is 12.1. The third kappa shape index (κ3) is 10.5. The van der Waals surface area contributed by atoms with Crippen molar-refractivity contribution in [3.05, 3.63) is 65.2 Å². The third-order valence-corrected chi connectivity index (χ3v) is 5.97. The number of aryl methyl sites for hydroxylation is 1. The first-order chi connectivity index (χ1) is 14.4. The molecule has 172 valence electrons. The van der Waals surface area contributed by atoms with E-state index in [0.29, 0.717) is 11.4 Å². The second kappa shape index (κ2) is 14.4. The Morgan fingerprint density at radius 1 is 1.00 bits per heavy atom. The van der Waals surface area contributed by atoms with E-state index in [1.807, 2.05) is 37.3 Å². The number of halogens is 1. The van der Waals surface area contributed by atoms with Gasteiger partial charge >= 0.3 is 0 Å². The van der Waals surface area contributed by atoms with Gasteiger partial charge in [-0.2, -0.15) is 0 Å². The number of rotatable bonds is 11. The van der Waals surface area contributed by atoms with Gasteiger partial charge < -0.3 is 15.4 Å². The SMILES string of the molecule is CN=C(NCCCCOCCc1ccccc1)NCc1ccc(S(C)(=O)=O)c(C)c1.I. The average Bonchev–Trinajstić information content (AvgIpc) is 2.72. The standard InChI is InChI=1S/C23H33N3O3S.HI/c1-19-17-21(11-12-22(19)30(3,27)28)18-26-23(24-2)25-14-7-8-15-29-16-13-20-9-5-4-6-10-20;/h4-6,9-12,17H,7-8,13-16,18H2,1-3H3,(H2,24,25,26);1H. The van der Waals surface area contributed by atoms with Crippen molar-refractivity contribution in [2.24, 2.45) is 4.99 Å². The molecule has 0 fully saturated rings. The van der Waals surface area contributed by atoms with Crippen molar-refractivity contribution in [3.63, 3.8) is 0 Å². The molecular formula is C23H34IN3O3S. The molecule has 0 aliphatic carbocycles. The minimum absolute atomic E-state index is 0. The highest BCUT2D eigenvalue weighted by Crippen LogP contribution is 2.16. The Morgan fingerprint density at radius 3 is 2.39 bits per heavy atom. The number of benzene rings is 2. The highest BCUT2D eigenvalue weighted by atomic mass is 127. The molecule has 0 amide bonds. The summed E-state index contributed by atoms with van der Waals surface area (Å²) in [5.74, 6) is 0.727. The topological polar surface area (TPSA) is 79.8 Å².